The second-order valence-corrected chi connectivity index (χ2v) is 4.99. The molecule has 0 bridgehead atoms. The SMILES string of the molecule is OC(C1=CCCCC1)c1cccc2c1NCC2. The summed E-state index contributed by atoms with van der Waals surface area (Å²) >= 11 is 0. The van der Waals surface area contributed by atoms with Crippen LogP contribution in [0.3, 0.4) is 0 Å². The van der Waals surface area contributed by atoms with E-state index in [2.05, 4.69) is 29.6 Å². The van der Waals surface area contributed by atoms with Crippen molar-refractivity contribution in [3.05, 3.63) is 41.0 Å². The van der Waals surface area contributed by atoms with Crippen molar-refractivity contribution in [1.29, 1.82) is 0 Å². The molecule has 1 aliphatic heterocycles. The molecule has 0 aromatic heterocycles. The summed E-state index contributed by atoms with van der Waals surface area (Å²) in [5.41, 5.74) is 4.79. The lowest BCUT2D eigenvalue weighted by molar-refractivity contribution is 0.209. The number of hydrogen-bond acceptors (Lipinski definition) is 2. The molecule has 2 nitrogen and oxygen atoms in total. The minimum Gasteiger partial charge on any atom is -0.384 e. The number of hydrogen-bond donors (Lipinski definition) is 2. The summed E-state index contributed by atoms with van der Waals surface area (Å²) in [5.74, 6) is 0. The number of fused-ring (bicyclic) bond motifs is 1. The van der Waals surface area contributed by atoms with Gasteiger partial charge in [-0.15, -0.1) is 0 Å². The Morgan fingerprint density at radius 2 is 2.12 bits per heavy atom. The molecule has 0 spiro atoms. The third kappa shape index (κ3) is 1.98. The largest absolute Gasteiger partial charge is 0.384 e. The molecule has 3 rings (SSSR count). The molecule has 1 unspecified atom stereocenters. The van der Waals surface area contributed by atoms with E-state index in [0.717, 1.165) is 31.4 Å². The van der Waals surface area contributed by atoms with Gasteiger partial charge in [0.05, 0.1) is 0 Å². The Hall–Kier alpha value is -1.28. The third-order valence-electron chi connectivity index (χ3n) is 3.85. The summed E-state index contributed by atoms with van der Waals surface area (Å²) in [4.78, 5) is 0. The summed E-state index contributed by atoms with van der Waals surface area (Å²) in [7, 11) is 0. The smallest absolute Gasteiger partial charge is 0.102 e. The van der Waals surface area contributed by atoms with Gasteiger partial charge in [0.15, 0.2) is 0 Å². The Morgan fingerprint density at radius 3 is 2.94 bits per heavy atom. The van der Waals surface area contributed by atoms with Crippen molar-refractivity contribution in [2.45, 2.75) is 38.2 Å². The first-order chi connectivity index (χ1) is 8.36. The maximum atomic E-state index is 10.5. The summed E-state index contributed by atoms with van der Waals surface area (Å²) < 4.78 is 0. The van der Waals surface area contributed by atoms with E-state index >= 15 is 0 Å². The molecule has 0 amide bonds. The molecule has 90 valence electrons. The van der Waals surface area contributed by atoms with Crippen molar-refractivity contribution in [1.82, 2.24) is 0 Å². The van der Waals surface area contributed by atoms with Crippen LogP contribution in [0, 0.1) is 0 Å². The van der Waals surface area contributed by atoms with E-state index in [1.54, 1.807) is 0 Å². The molecular formula is C15H19NO. The molecule has 1 aliphatic carbocycles. The van der Waals surface area contributed by atoms with Crippen molar-refractivity contribution in [3.8, 4) is 0 Å². The summed E-state index contributed by atoms with van der Waals surface area (Å²) in [5, 5.41) is 13.9. The summed E-state index contributed by atoms with van der Waals surface area (Å²) in [6, 6.07) is 6.27. The molecule has 0 radical (unpaired) electrons. The fourth-order valence-electron chi connectivity index (χ4n) is 2.91. The number of aliphatic hydroxyl groups is 1. The van der Waals surface area contributed by atoms with Crippen LogP contribution in [0.4, 0.5) is 5.69 Å². The Balaban J connectivity index is 1.93. The van der Waals surface area contributed by atoms with E-state index in [9.17, 15) is 5.11 Å². The van der Waals surface area contributed by atoms with Gasteiger partial charge in [0, 0.05) is 17.8 Å². The van der Waals surface area contributed by atoms with Gasteiger partial charge in [0.25, 0.3) is 0 Å². The van der Waals surface area contributed by atoms with Gasteiger partial charge < -0.3 is 10.4 Å². The van der Waals surface area contributed by atoms with Gasteiger partial charge in [-0.2, -0.15) is 0 Å². The maximum absolute atomic E-state index is 10.5. The van der Waals surface area contributed by atoms with Gasteiger partial charge in [-0.3, -0.25) is 0 Å². The van der Waals surface area contributed by atoms with Crippen LogP contribution in [0.15, 0.2) is 29.8 Å². The van der Waals surface area contributed by atoms with E-state index < -0.39 is 6.10 Å². The number of aliphatic hydroxyl groups excluding tert-OH is 1. The molecule has 0 saturated carbocycles. The predicted molar refractivity (Wildman–Crippen MR) is 70.1 cm³/mol. The first-order valence-corrected chi connectivity index (χ1v) is 6.59. The zero-order valence-electron chi connectivity index (χ0n) is 10.1. The number of rotatable bonds is 2. The van der Waals surface area contributed by atoms with Gasteiger partial charge in [0.1, 0.15) is 6.10 Å². The van der Waals surface area contributed by atoms with E-state index in [1.807, 2.05) is 0 Å². The van der Waals surface area contributed by atoms with Gasteiger partial charge in [0.2, 0.25) is 0 Å². The molecule has 17 heavy (non-hydrogen) atoms. The van der Waals surface area contributed by atoms with E-state index in [4.69, 9.17) is 0 Å². The Kier molecular flexibility index (Phi) is 2.89. The van der Waals surface area contributed by atoms with Crippen LogP contribution < -0.4 is 5.32 Å². The first kappa shape index (κ1) is 10.8. The highest BCUT2D eigenvalue weighted by Gasteiger charge is 2.21. The van der Waals surface area contributed by atoms with Crippen LogP contribution in [0.25, 0.3) is 0 Å². The highest BCUT2D eigenvalue weighted by molar-refractivity contribution is 5.62. The van der Waals surface area contributed by atoms with Gasteiger partial charge in [-0.1, -0.05) is 24.3 Å². The van der Waals surface area contributed by atoms with Gasteiger partial charge >= 0.3 is 0 Å². The van der Waals surface area contributed by atoms with E-state index in [-0.39, 0.29) is 0 Å². The molecule has 1 aromatic rings. The average Bonchev–Trinajstić information content (AvgIpc) is 2.87. The topological polar surface area (TPSA) is 32.3 Å². The maximum Gasteiger partial charge on any atom is 0.102 e. The van der Waals surface area contributed by atoms with Crippen LogP contribution in [-0.2, 0) is 6.42 Å². The molecule has 1 aromatic carbocycles. The van der Waals surface area contributed by atoms with Crippen LogP contribution in [0.1, 0.15) is 42.9 Å². The minimum atomic E-state index is -0.407. The van der Waals surface area contributed by atoms with E-state index in [1.165, 1.54) is 29.7 Å². The number of anilines is 1. The van der Waals surface area contributed by atoms with Gasteiger partial charge in [-0.05, 0) is 43.2 Å². The van der Waals surface area contributed by atoms with Crippen LogP contribution in [0.2, 0.25) is 0 Å². The number of allylic oxidation sites excluding steroid dienone is 1. The number of para-hydroxylation sites is 1. The molecular weight excluding hydrogens is 210 g/mol. The highest BCUT2D eigenvalue weighted by Crippen LogP contribution is 2.36. The molecule has 1 atom stereocenters. The van der Waals surface area contributed by atoms with Crippen molar-refractivity contribution >= 4 is 5.69 Å². The molecule has 2 N–H and O–H groups in total. The predicted octanol–water partition coefficient (Wildman–Crippen LogP) is 3.19. The second-order valence-electron chi connectivity index (χ2n) is 4.99. The van der Waals surface area contributed by atoms with Gasteiger partial charge in [-0.25, -0.2) is 0 Å². The average molecular weight is 229 g/mol. The van der Waals surface area contributed by atoms with Crippen molar-refractivity contribution in [3.63, 3.8) is 0 Å². The standard InChI is InChI=1S/C15H19NO/c17-15(12-5-2-1-3-6-12)13-8-4-7-11-9-10-16-14(11)13/h4-5,7-8,15-17H,1-3,6,9-10H2. The molecule has 0 fully saturated rings. The number of nitrogens with one attached hydrogen (secondary N) is 1. The lowest BCUT2D eigenvalue weighted by atomic mass is 9.90. The van der Waals surface area contributed by atoms with Crippen molar-refractivity contribution in [2.75, 3.05) is 11.9 Å². The fraction of sp³-hybridized carbons (Fsp3) is 0.467. The lowest BCUT2D eigenvalue weighted by Crippen LogP contribution is -2.07. The van der Waals surface area contributed by atoms with Crippen molar-refractivity contribution in [2.24, 2.45) is 0 Å². The minimum absolute atomic E-state index is 0.407. The van der Waals surface area contributed by atoms with Crippen LogP contribution in [-0.4, -0.2) is 11.7 Å². The van der Waals surface area contributed by atoms with Crippen LogP contribution >= 0.6 is 0 Å². The second kappa shape index (κ2) is 4.53. The Labute approximate surface area is 102 Å². The normalized spacial score (nSPS) is 20.4. The highest BCUT2D eigenvalue weighted by atomic mass is 16.3. The lowest BCUT2D eigenvalue weighted by Gasteiger charge is -2.21. The quantitative estimate of drug-likeness (QED) is 0.763. The number of benzene rings is 1. The summed E-state index contributed by atoms with van der Waals surface area (Å²) in [6.07, 6.45) is 7.54. The molecule has 2 heteroatoms. The van der Waals surface area contributed by atoms with Crippen molar-refractivity contribution < 1.29 is 5.11 Å². The zero-order valence-corrected chi connectivity index (χ0v) is 10.1. The third-order valence-corrected chi connectivity index (χ3v) is 3.85. The summed E-state index contributed by atoms with van der Waals surface area (Å²) in [6.45, 7) is 0.998. The Bertz CT molecular complexity index is 450. The van der Waals surface area contributed by atoms with Crippen LogP contribution in [0.5, 0.6) is 0 Å². The monoisotopic (exact) mass is 229 g/mol. The molecule has 0 saturated heterocycles. The molecule has 2 aliphatic rings. The van der Waals surface area contributed by atoms with E-state index in [0.29, 0.717) is 0 Å². The first-order valence-electron chi connectivity index (χ1n) is 6.59. The Morgan fingerprint density at radius 1 is 1.18 bits per heavy atom. The molecule has 1 heterocycles. The fourth-order valence-corrected chi connectivity index (χ4v) is 2.91. The zero-order chi connectivity index (χ0) is 11.7.